The minimum Gasteiger partial charge on any atom is -0.480 e. The fourth-order valence-corrected chi connectivity index (χ4v) is 8.84. The summed E-state index contributed by atoms with van der Waals surface area (Å²) >= 11 is 0.978. The fourth-order valence-electron chi connectivity index (χ4n) is 7.81. The zero-order chi connectivity index (χ0) is 35.6. The summed E-state index contributed by atoms with van der Waals surface area (Å²) in [6.45, 7) is 5.90. The fraction of sp³-hybridized carbons (Fsp3) is 0.559. The summed E-state index contributed by atoms with van der Waals surface area (Å²) in [5, 5.41) is 31.9. The van der Waals surface area contributed by atoms with Gasteiger partial charge in [0.15, 0.2) is 23.1 Å². The molecule has 1 saturated heterocycles. The molecule has 13 nitrogen and oxygen atoms in total. The Labute approximate surface area is 281 Å². The van der Waals surface area contributed by atoms with Gasteiger partial charge in [0.1, 0.15) is 12.1 Å². The molecule has 11 atom stereocenters. The summed E-state index contributed by atoms with van der Waals surface area (Å²) in [4.78, 5) is 89.2. The number of nitrogens with one attached hydrogen (secondary N) is 1. The largest absolute Gasteiger partial charge is 0.480 e. The highest BCUT2D eigenvalue weighted by atomic mass is 32.2. The van der Waals surface area contributed by atoms with Gasteiger partial charge in [-0.2, -0.15) is 11.8 Å². The Morgan fingerprint density at radius 1 is 1.08 bits per heavy atom. The Balaban J connectivity index is 1.72. The number of carbonyl (C=O) groups excluding carboxylic acids is 5. The molecule has 3 fully saturated rings. The maximum absolute atomic E-state index is 15.1. The van der Waals surface area contributed by atoms with Crippen molar-refractivity contribution in [1.82, 2.24) is 5.32 Å². The highest BCUT2D eigenvalue weighted by Gasteiger charge is 2.74. The number of ether oxygens (including phenoxy) is 2. The Hall–Kier alpha value is -4.04. The van der Waals surface area contributed by atoms with Crippen molar-refractivity contribution in [3.63, 3.8) is 0 Å². The molecule has 4 rings (SSSR count). The predicted octanol–water partition coefficient (Wildman–Crippen LogP) is 1.89. The van der Waals surface area contributed by atoms with Crippen molar-refractivity contribution in [1.29, 1.82) is 0 Å². The van der Waals surface area contributed by atoms with Crippen LogP contribution < -0.4 is 5.32 Å². The number of amides is 1. The summed E-state index contributed by atoms with van der Waals surface area (Å²) < 4.78 is 11.2. The number of aliphatic carboxylic acids is 2. The summed E-state index contributed by atoms with van der Waals surface area (Å²) in [5.41, 5.74) is -3.58. The van der Waals surface area contributed by atoms with E-state index in [9.17, 15) is 39.0 Å². The average Bonchev–Trinajstić information content (AvgIpc) is 3.25. The molecule has 4 aliphatic rings. The number of hydrogen-bond donors (Lipinski definition) is 4. The van der Waals surface area contributed by atoms with Crippen molar-refractivity contribution < 1.29 is 58.4 Å². The first kappa shape index (κ1) is 36.8. The van der Waals surface area contributed by atoms with Crippen molar-refractivity contribution in [2.45, 2.75) is 64.9 Å². The number of thioether (sulfide) groups is 1. The van der Waals surface area contributed by atoms with Crippen molar-refractivity contribution >= 4 is 53.1 Å². The van der Waals surface area contributed by atoms with Gasteiger partial charge in [-0.3, -0.25) is 24.0 Å². The van der Waals surface area contributed by atoms with Crippen LogP contribution in [0.4, 0.5) is 0 Å². The summed E-state index contributed by atoms with van der Waals surface area (Å²) in [6, 6.07) is -1.25. The molecule has 4 N–H and O–H groups in total. The second-order valence-electron chi connectivity index (χ2n) is 13.0. The van der Waals surface area contributed by atoms with E-state index in [2.05, 4.69) is 5.32 Å². The maximum atomic E-state index is 15.1. The van der Waals surface area contributed by atoms with E-state index < -0.39 is 106 Å². The number of hydrogen-bond acceptors (Lipinski definition) is 11. The standard InChI is InChI=1S/C34H41NO12S/c1-17-25(46-19(3)37)14-23-22(28(17)40)12-11-20-13-21(9-7-5-6-8-10-27(38)39)34(31(44)33(20,23)4)29(41)26(47-32(34)45)16-48-15-24(30(42)43)35-18(2)36/h5-12,17,20-26,28,40H,13-16H2,1-4H3,(H,35,36)(H,38,39)(H,42,43). The molecule has 0 aromatic heterocycles. The van der Waals surface area contributed by atoms with Gasteiger partial charge in [0.05, 0.1) is 6.10 Å². The topological polar surface area (TPSA) is 211 Å². The van der Waals surface area contributed by atoms with Gasteiger partial charge < -0.3 is 30.1 Å². The molecule has 0 radical (unpaired) electrons. The number of Topliss-reactive ketones (excluding diaryl/α,β-unsaturated/α-hetero) is 2. The van der Waals surface area contributed by atoms with E-state index in [0.29, 0.717) is 0 Å². The summed E-state index contributed by atoms with van der Waals surface area (Å²) in [7, 11) is 0. The molecule has 0 bridgehead atoms. The van der Waals surface area contributed by atoms with Crippen LogP contribution in [0.2, 0.25) is 0 Å². The normalized spacial score (nSPS) is 36.6. The molecular formula is C34H41NO12S. The Morgan fingerprint density at radius 2 is 1.77 bits per heavy atom. The Morgan fingerprint density at radius 3 is 2.40 bits per heavy atom. The molecule has 1 heterocycles. The second kappa shape index (κ2) is 14.6. The van der Waals surface area contributed by atoms with Gasteiger partial charge in [0, 0.05) is 54.6 Å². The van der Waals surface area contributed by atoms with Crippen LogP contribution >= 0.6 is 11.8 Å². The molecule has 48 heavy (non-hydrogen) atoms. The van der Waals surface area contributed by atoms with Gasteiger partial charge in [0.2, 0.25) is 5.91 Å². The Bertz CT molecular complexity index is 1480. The molecule has 14 heteroatoms. The first-order chi connectivity index (χ1) is 22.6. The lowest BCUT2D eigenvalue weighted by molar-refractivity contribution is -0.180. The number of fused-ring (bicyclic) bond motifs is 3. The molecule has 1 amide bonds. The van der Waals surface area contributed by atoms with E-state index in [1.54, 1.807) is 19.9 Å². The highest BCUT2D eigenvalue weighted by Crippen LogP contribution is 2.62. The molecular weight excluding hydrogens is 646 g/mol. The number of ketones is 2. The van der Waals surface area contributed by atoms with E-state index in [1.807, 2.05) is 12.2 Å². The number of rotatable bonds is 11. The van der Waals surface area contributed by atoms with E-state index in [1.165, 1.54) is 38.2 Å². The van der Waals surface area contributed by atoms with Crippen LogP contribution in [0.5, 0.6) is 0 Å². The molecule has 1 spiro atoms. The number of carbonyl (C=O) groups is 7. The van der Waals surface area contributed by atoms with Crippen LogP contribution in [0, 0.1) is 40.4 Å². The molecule has 0 aromatic carbocycles. The van der Waals surface area contributed by atoms with Gasteiger partial charge in [-0.1, -0.05) is 56.4 Å². The highest BCUT2D eigenvalue weighted by molar-refractivity contribution is 7.99. The third-order valence-corrected chi connectivity index (χ3v) is 11.3. The number of aliphatic hydroxyl groups excluding tert-OH is 1. The van der Waals surface area contributed by atoms with Crippen molar-refractivity contribution in [2.75, 3.05) is 11.5 Å². The minimum atomic E-state index is -2.25. The lowest BCUT2D eigenvalue weighted by Crippen LogP contribution is -2.66. The molecule has 11 unspecified atom stereocenters. The lowest BCUT2D eigenvalue weighted by atomic mass is 9.43. The number of carboxylic acid groups (broad SMARTS) is 2. The van der Waals surface area contributed by atoms with E-state index >= 15 is 4.79 Å². The van der Waals surface area contributed by atoms with Crippen LogP contribution in [0.1, 0.15) is 40.5 Å². The SMILES string of the molecule is CC(=O)NC(CSCC1OC(=O)C2(C1=O)C(=O)C1(C)C(C=CC3C(O)C(C)C(OC(C)=O)CC31)CC2C=CC=CC=CC(=O)O)C(=O)O. The zero-order valence-electron chi connectivity index (χ0n) is 27.1. The van der Waals surface area contributed by atoms with Gasteiger partial charge in [-0.25, -0.2) is 9.59 Å². The van der Waals surface area contributed by atoms with Crippen LogP contribution in [0.3, 0.4) is 0 Å². The monoisotopic (exact) mass is 687 g/mol. The first-order valence-corrected chi connectivity index (χ1v) is 16.9. The van der Waals surface area contributed by atoms with Crippen LogP contribution in [-0.4, -0.2) is 92.5 Å². The zero-order valence-corrected chi connectivity index (χ0v) is 27.9. The summed E-state index contributed by atoms with van der Waals surface area (Å²) in [6.07, 6.45) is 9.35. The third kappa shape index (κ3) is 6.77. The van der Waals surface area contributed by atoms with Crippen LogP contribution in [0.25, 0.3) is 0 Å². The molecule has 260 valence electrons. The number of esters is 2. The third-order valence-electron chi connectivity index (χ3n) is 10.2. The van der Waals surface area contributed by atoms with Crippen LogP contribution in [-0.2, 0) is 43.0 Å². The number of allylic oxidation sites excluding steroid dienone is 6. The summed E-state index contributed by atoms with van der Waals surface area (Å²) in [5.74, 6) is -9.15. The smallest absolute Gasteiger partial charge is 0.328 e. The number of aliphatic hydroxyl groups is 1. The van der Waals surface area contributed by atoms with Gasteiger partial charge >= 0.3 is 23.9 Å². The van der Waals surface area contributed by atoms with Gasteiger partial charge in [-0.15, -0.1) is 0 Å². The first-order valence-electron chi connectivity index (χ1n) is 15.7. The number of cyclic esters (lactones) is 1. The average molecular weight is 688 g/mol. The minimum absolute atomic E-state index is 0.128. The van der Waals surface area contributed by atoms with E-state index in [0.717, 1.165) is 17.8 Å². The Kier molecular flexibility index (Phi) is 11.2. The molecule has 2 saturated carbocycles. The maximum Gasteiger partial charge on any atom is 0.328 e. The van der Waals surface area contributed by atoms with Gasteiger partial charge in [0.25, 0.3) is 0 Å². The van der Waals surface area contributed by atoms with Crippen molar-refractivity contribution in [3.8, 4) is 0 Å². The second-order valence-corrected chi connectivity index (χ2v) is 14.1. The molecule has 1 aliphatic heterocycles. The lowest BCUT2D eigenvalue weighted by Gasteiger charge is -2.58. The van der Waals surface area contributed by atoms with Crippen molar-refractivity contribution in [3.05, 3.63) is 48.6 Å². The molecule has 3 aliphatic carbocycles. The van der Waals surface area contributed by atoms with Crippen molar-refractivity contribution in [2.24, 2.45) is 40.4 Å². The van der Waals surface area contributed by atoms with Crippen LogP contribution in [0.15, 0.2) is 48.6 Å². The quantitative estimate of drug-likeness (QED) is 0.0805. The predicted molar refractivity (Wildman–Crippen MR) is 171 cm³/mol. The molecule has 0 aromatic rings. The van der Waals surface area contributed by atoms with E-state index in [-0.39, 0.29) is 24.3 Å². The van der Waals surface area contributed by atoms with E-state index in [4.69, 9.17) is 14.6 Å². The van der Waals surface area contributed by atoms with Gasteiger partial charge in [-0.05, 0) is 24.7 Å². The number of carboxylic acids is 2.